The number of aromatic amines is 1. The van der Waals surface area contributed by atoms with Crippen LogP contribution in [0.1, 0.15) is 24.3 Å². The molecule has 134 valence electrons. The van der Waals surface area contributed by atoms with Gasteiger partial charge in [0.15, 0.2) is 11.5 Å². The van der Waals surface area contributed by atoms with Gasteiger partial charge in [0.1, 0.15) is 24.7 Å². The van der Waals surface area contributed by atoms with Crippen LogP contribution in [0.15, 0.2) is 36.5 Å². The molecule has 0 spiro atoms. The van der Waals surface area contributed by atoms with Crippen LogP contribution in [0.2, 0.25) is 0 Å². The van der Waals surface area contributed by atoms with Crippen molar-refractivity contribution >= 4 is 22.5 Å². The van der Waals surface area contributed by atoms with Crippen molar-refractivity contribution in [3.05, 3.63) is 42.1 Å². The Morgan fingerprint density at radius 2 is 1.85 bits per heavy atom. The van der Waals surface area contributed by atoms with Crippen LogP contribution in [0.3, 0.4) is 0 Å². The predicted molar refractivity (Wildman–Crippen MR) is 102 cm³/mol. The maximum atomic E-state index is 5.65. The van der Waals surface area contributed by atoms with Gasteiger partial charge in [-0.1, -0.05) is 0 Å². The molecule has 1 saturated heterocycles. The first-order valence-corrected chi connectivity index (χ1v) is 9.22. The number of benzene rings is 1. The molecular formula is C20H22N4O2. The first-order valence-electron chi connectivity index (χ1n) is 9.22. The molecule has 6 nitrogen and oxygen atoms in total. The molecule has 1 fully saturated rings. The van der Waals surface area contributed by atoms with Crippen LogP contribution >= 0.6 is 0 Å². The van der Waals surface area contributed by atoms with Gasteiger partial charge in [0.2, 0.25) is 0 Å². The summed E-state index contributed by atoms with van der Waals surface area (Å²) in [5, 5.41) is 8.01. The number of nitrogens with one attached hydrogen (secondary N) is 3. The van der Waals surface area contributed by atoms with E-state index in [0.717, 1.165) is 41.7 Å². The molecule has 0 aliphatic carbocycles. The summed E-state index contributed by atoms with van der Waals surface area (Å²) in [6.07, 6.45) is 4.50. The van der Waals surface area contributed by atoms with Crippen LogP contribution < -0.4 is 20.1 Å². The third-order valence-corrected chi connectivity index (χ3v) is 5.16. The van der Waals surface area contributed by atoms with E-state index in [1.807, 2.05) is 24.3 Å². The van der Waals surface area contributed by atoms with Crippen LogP contribution in [0.25, 0.3) is 11.0 Å². The van der Waals surface area contributed by atoms with Gasteiger partial charge in [-0.25, -0.2) is 4.98 Å². The van der Waals surface area contributed by atoms with E-state index in [-0.39, 0.29) is 0 Å². The lowest BCUT2D eigenvalue weighted by Crippen LogP contribution is -2.26. The Balaban J connectivity index is 1.40. The summed E-state index contributed by atoms with van der Waals surface area (Å²) < 4.78 is 11.2. The van der Waals surface area contributed by atoms with Gasteiger partial charge in [0.25, 0.3) is 0 Å². The Morgan fingerprint density at radius 3 is 2.73 bits per heavy atom. The van der Waals surface area contributed by atoms with Crippen LogP contribution in [0, 0.1) is 0 Å². The molecule has 5 rings (SSSR count). The Labute approximate surface area is 151 Å². The highest BCUT2D eigenvalue weighted by atomic mass is 16.6. The van der Waals surface area contributed by atoms with E-state index >= 15 is 0 Å². The first kappa shape index (κ1) is 15.5. The number of piperidine rings is 1. The van der Waals surface area contributed by atoms with Crippen molar-refractivity contribution in [2.75, 3.05) is 31.6 Å². The fraction of sp³-hybridized carbons (Fsp3) is 0.350. The lowest BCUT2D eigenvalue weighted by molar-refractivity contribution is 0.171. The molecule has 0 amide bonds. The molecule has 2 aliphatic heterocycles. The van der Waals surface area contributed by atoms with E-state index in [0.29, 0.717) is 19.1 Å². The average molecular weight is 350 g/mol. The van der Waals surface area contributed by atoms with Crippen LogP contribution in [-0.4, -0.2) is 36.3 Å². The summed E-state index contributed by atoms with van der Waals surface area (Å²) in [5.74, 6) is 2.99. The standard InChI is InChI=1S/C20H22N4O2/c1-3-17-18(26-10-9-25-17)11-14(1)23-19-4-2-15-16(12-22-20(15)24-19)13-5-7-21-8-6-13/h1-4,11-13,21H,5-10H2,(H2,22,23,24). The maximum Gasteiger partial charge on any atom is 0.163 e. The zero-order valence-electron chi connectivity index (χ0n) is 14.5. The Hall–Kier alpha value is -2.73. The first-order chi connectivity index (χ1) is 12.9. The minimum absolute atomic E-state index is 0.586. The number of nitrogens with zero attached hydrogens (tertiary/aromatic N) is 1. The molecule has 0 unspecified atom stereocenters. The molecule has 4 heterocycles. The van der Waals surface area contributed by atoms with Crippen molar-refractivity contribution < 1.29 is 9.47 Å². The second-order valence-electron chi connectivity index (χ2n) is 6.84. The number of fused-ring (bicyclic) bond motifs is 2. The van der Waals surface area contributed by atoms with Gasteiger partial charge in [-0.15, -0.1) is 0 Å². The highest BCUT2D eigenvalue weighted by Gasteiger charge is 2.19. The highest BCUT2D eigenvalue weighted by molar-refractivity contribution is 5.82. The zero-order chi connectivity index (χ0) is 17.3. The molecule has 1 aromatic carbocycles. The fourth-order valence-corrected chi connectivity index (χ4v) is 3.84. The van der Waals surface area contributed by atoms with Crippen molar-refractivity contribution in [1.82, 2.24) is 15.3 Å². The van der Waals surface area contributed by atoms with E-state index in [1.165, 1.54) is 23.8 Å². The van der Waals surface area contributed by atoms with Crippen molar-refractivity contribution in [2.45, 2.75) is 18.8 Å². The Kier molecular flexibility index (Phi) is 3.90. The normalized spacial score (nSPS) is 17.4. The molecule has 3 N–H and O–H groups in total. The monoisotopic (exact) mass is 350 g/mol. The number of hydrogen-bond acceptors (Lipinski definition) is 5. The molecule has 0 radical (unpaired) electrons. The van der Waals surface area contributed by atoms with Gasteiger partial charge >= 0.3 is 0 Å². The summed E-state index contributed by atoms with van der Waals surface area (Å²) in [5.41, 5.74) is 3.26. The summed E-state index contributed by atoms with van der Waals surface area (Å²) in [7, 11) is 0. The van der Waals surface area contributed by atoms with Gasteiger partial charge in [-0.2, -0.15) is 0 Å². The van der Waals surface area contributed by atoms with Crippen LogP contribution in [0.5, 0.6) is 11.5 Å². The molecule has 26 heavy (non-hydrogen) atoms. The lowest BCUT2D eigenvalue weighted by atomic mass is 9.90. The van der Waals surface area contributed by atoms with Crippen LogP contribution in [-0.2, 0) is 0 Å². The van der Waals surface area contributed by atoms with Gasteiger partial charge in [-0.05, 0) is 61.7 Å². The summed E-state index contributed by atoms with van der Waals surface area (Å²) in [6.45, 7) is 3.37. The highest BCUT2D eigenvalue weighted by Crippen LogP contribution is 2.34. The molecular weight excluding hydrogens is 328 g/mol. The molecule has 0 saturated carbocycles. The minimum Gasteiger partial charge on any atom is -0.486 e. The second kappa shape index (κ2) is 6.53. The number of H-pyrrole nitrogens is 1. The minimum atomic E-state index is 0.586. The van der Waals surface area contributed by atoms with Crippen molar-refractivity contribution in [1.29, 1.82) is 0 Å². The van der Waals surface area contributed by atoms with E-state index in [1.54, 1.807) is 0 Å². The summed E-state index contributed by atoms with van der Waals surface area (Å²) in [4.78, 5) is 8.09. The fourth-order valence-electron chi connectivity index (χ4n) is 3.84. The second-order valence-corrected chi connectivity index (χ2v) is 6.84. The van der Waals surface area contributed by atoms with Gasteiger partial charge in [0, 0.05) is 23.3 Å². The SMILES string of the molecule is c1cc2c(cc1Nc1ccc3c(C4CCNCC4)c[nH]c3n1)OCCO2. The Bertz CT molecular complexity index is 931. The molecule has 3 aromatic rings. The maximum absolute atomic E-state index is 5.65. The van der Waals surface area contributed by atoms with Crippen LogP contribution in [0.4, 0.5) is 11.5 Å². The molecule has 0 bridgehead atoms. The number of pyridine rings is 1. The number of rotatable bonds is 3. The third kappa shape index (κ3) is 2.86. The van der Waals surface area contributed by atoms with Gasteiger partial charge < -0.3 is 25.1 Å². The van der Waals surface area contributed by atoms with Crippen molar-refractivity contribution in [3.8, 4) is 11.5 Å². The number of hydrogen-bond donors (Lipinski definition) is 3. The van der Waals surface area contributed by atoms with E-state index < -0.39 is 0 Å². The molecule has 6 heteroatoms. The van der Waals surface area contributed by atoms with Gasteiger partial charge in [0.05, 0.1) is 0 Å². The van der Waals surface area contributed by atoms with Gasteiger partial charge in [-0.3, -0.25) is 0 Å². The largest absolute Gasteiger partial charge is 0.486 e. The molecule has 2 aliphatic rings. The smallest absolute Gasteiger partial charge is 0.163 e. The van der Waals surface area contributed by atoms with E-state index in [9.17, 15) is 0 Å². The third-order valence-electron chi connectivity index (χ3n) is 5.16. The average Bonchev–Trinajstić information content (AvgIpc) is 3.12. The number of ether oxygens (including phenoxy) is 2. The summed E-state index contributed by atoms with van der Waals surface area (Å²) in [6, 6.07) is 10.1. The van der Waals surface area contributed by atoms with E-state index in [4.69, 9.17) is 14.5 Å². The number of anilines is 2. The predicted octanol–water partition coefficient (Wildman–Crippen LogP) is 3.54. The number of aromatic nitrogens is 2. The molecule has 0 atom stereocenters. The summed E-state index contributed by atoms with van der Waals surface area (Å²) >= 11 is 0. The quantitative estimate of drug-likeness (QED) is 0.674. The topological polar surface area (TPSA) is 71.2 Å². The van der Waals surface area contributed by atoms with Crippen molar-refractivity contribution in [2.24, 2.45) is 0 Å². The van der Waals surface area contributed by atoms with E-state index in [2.05, 4.69) is 27.9 Å². The van der Waals surface area contributed by atoms with Crippen molar-refractivity contribution in [3.63, 3.8) is 0 Å². The molecule has 2 aromatic heterocycles. The Morgan fingerprint density at radius 1 is 1.00 bits per heavy atom. The lowest BCUT2D eigenvalue weighted by Gasteiger charge is -2.22. The zero-order valence-corrected chi connectivity index (χ0v) is 14.5.